The second kappa shape index (κ2) is 6.82. The lowest BCUT2D eigenvalue weighted by atomic mass is 10.1. The second-order valence-corrected chi connectivity index (χ2v) is 6.30. The van der Waals surface area contributed by atoms with Crippen molar-refractivity contribution in [3.8, 4) is 6.07 Å². The fraction of sp³-hybridized carbons (Fsp3) is 0.150. The highest BCUT2D eigenvalue weighted by atomic mass is 16.1. The summed E-state index contributed by atoms with van der Waals surface area (Å²) in [6.45, 7) is 2.38. The van der Waals surface area contributed by atoms with Gasteiger partial charge in [0.15, 0.2) is 5.82 Å². The first-order valence-electron chi connectivity index (χ1n) is 8.37. The molecule has 3 aromatic rings. The molecule has 2 aromatic carbocycles. The summed E-state index contributed by atoms with van der Waals surface area (Å²) in [5.41, 5.74) is 4.35. The SMILES string of the molecule is N#Cc1ccc(C(=O)Nc2n[nH]c3c2CN(Cc2ccccc2)C3)cc1. The normalized spacial score (nSPS) is 13.2. The van der Waals surface area contributed by atoms with E-state index in [4.69, 9.17) is 5.26 Å². The molecule has 1 aliphatic heterocycles. The van der Waals surface area contributed by atoms with E-state index in [1.807, 2.05) is 24.3 Å². The first-order chi connectivity index (χ1) is 12.7. The van der Waals surface area contributed by atoms with Crippen molar-refractivity contribution in [1.82, 2.24) is 15.1 Å². The first kappa shape index (κ1) is 16.1. The highest BCUT2D eigenvalue weighted by molar-refractivity contribution is 6.04. The number of amides is 1. The molecule has 0 radical (unpaired) electrons. The van der Waals surface area contributed by atoms with Gasteiger partial charge in [-0.15, -0.1) is 0 Å². The predicted molar refractivity (Wildman–Crippen MR) is 97.1 cm³/mol. The van der Waals surface area contributed by atoms with Gasteiger partial charge in [-0.3, -0.25) is 14.8 Å². The van der Waals surface area contributed by atoms with Gasteiger partial charge in [-0.2, -0.15) is 10.4 Å². The molecular weight excluding hydrogens is 326 g/mol. The Morgan fingerprint density at radius 3 is 2.65 bits per heavy atom. The van der Waals surface area contributed by atoms with E-state index in [9.17, 15) is 4.79 Å². The third-order valence-electron chi connectivity index (χ3n) is 4.47. The Labute approximate surface area is 151 Å². The predicted octanol–water partition coefficient (Wildman–Crippen LogP) is 3.05. The average molecular weight is 343 g/mol. The highest BCUT2D eigenvalue weighted by Crippen LogP contribution is 2.28. The van der Waals surface area contributed by atoms with Crippen LogP contribution in [-0.4, -0.2) is 21.0 Å². The van der Waals surface area contributed by atoms with Crippen LogP contribution >= 0.6 is 0 Å². The van der Waals surface area contributed by atoms with Crippen LogP contribution in [0.25, 0.3) is 0 Å². The second-order valence-electron chi connectivity index (χ2n) is 6.30. The van der Waals surface area contributed by atoms with Crippen LogP contribution in [0.15, 0.2) is 54.6 Å². The molecule has 0 atom stereocenters. The number of H-pyrrole nitrogens is 1. The Morgan fingerprint density at radius 1 is 1.15 bits per heavy atom. The highest BCUT2D eigenvalue weighted by Gasteiger charge is 2.25. The van der Waals surface area contributed by atoms with Gasteiger partial charge in [0.1, 0.15) is 0 Å². The Kier molecular flexibility index (Phi) is 4.22. The van der Waals surface area contributed by atoms with Crippen LogP contribution in [0, 0.1) is 11.3 Å². The smallest absolute Gasteiger partial charge is 0.256 e. The van der Waals surface area contributed by atoms with Crippen molar-refractivity contribution >= 4 is 11.7 Å². The molecular formula is C20H17N5O. The molecule has 128 valence electrons. The van der Waals surface area contributed by atoms with Crippen LogP contribution in [0.1, 0.15) is 32.7 Å². The lowest BCUT2D eigenvalue weighted by molar-refractivity contribution is 0.102. The minimum absolute atomic E-state index is 0.231. The number of hydrogen-bond donors (Lipinski definition) is 2. The first-order valence-corrected chi connectivity index (χ1v) is 8.37. The molecule has 0 aliphatic carbocycles. The van der Waals surface area contributed by atoms with Crippen molar-refractivity contribution in [3.05, 3.63) is 82.5 Å². The number of aromatic nitrogens is 2. The quantitative estimate of drug-likeness (QED) is 0.762. The van der Waals surface area contributed by atoms with Gasteiger partial charge >= 0.3 is 0 Å². The summed E-state index contributed by atoms with van der Waals surface area (Å²) in [5, 5.41) is 19.0. The van der Waals surface area contributed by atoms with Gasteiger partial charge in [-0.05, 0) is 29.8 Å². The molecule has 1 amide bonds. The van der Waals surface area contributed by atoms with Crippen molar-refractivity contribution in [2.24, 2.45) is 0 Å². The number of hydrogen-bond acceptors (Lipinski definition) is 4. The van der Waals surface area contributed by atoms with Crippen molar-refractivity contribution in [2.45, 2.75) is 19.6 Å². The van der Waals surface area contributed by atoms with E-state index in [2.05, 4.69) is 32.5 Å². The summed E-state index contributed by atoms with van der Waals surface area (Å²) in [6, 6.07) is 18.9. The van der Waals surface area contributed by atoms with Gasteiger partial charge in [-0.1, -0.05) is 30.3 Å². The molecule has 0 unspecified atom stereocenters. The Bertz CT molecular complexity index is 970. The lowest BCUT2D eigenvalue weighted by Gasteiger charge is -2.15. The molecule has 6 nitrogen and oxygen atoms in total. The summed E-state index contributed by atoms with van der Waals surface area (Å²) >= 11 is 0. The summed E-state index contributed by atoms with van der Waals surface area (Å²) in [4.78, 5) is 14.7. The Balaban J connectivity index is 1.44. The van der Waals surface area contributed by atoms with Gasteiger partial charge in [0.05, 0.1) is 17.3 Å². The maximum atomic E-state index is 12.4. The molecule has 2 N–H and O–H groups in total. The van der Waals surface area contributed by atoms with E-state index >= 15 is 0 Å². The zero-order valence-electron chi connectivity index (χ0n) is 14.1. The molecule has 4 rings (SSSR count). The fourth-order valence-electron chi connectivity index (χ4n) is 3.14. The third-order valence-corrected chi connectivity index (χ3v) is 4.47. The maximum Gasteiger partial charge on any atom is 0.256 e. The monoisotopic (exact) mass is 343 g/mol. The maximum absolute atomic E-state index is 12.4. The number of carbonyl (C=O) groups is 1. The number of nitrogens with zero attached hydrogens (tertiary/aromatic N) is 3. The lowest BCUT2D eigenvalue weighted by Crippen LogP contribution is -2.18. The van der Waals surface area contributed by atoms with Crippen LogP contribution < -0.4 is 5.32 Å². The Hall–Kier alpha value is -3.43. The van der Waals surface area contributed by atoms with Gasteiger partial charge in [0.2, 0.25) is 0 Å². The summed E-state index contributed by atoms with van der Waals surface area (Å²) in [7, 11) is 0. The van der Waals surface area contributed by atoms with Gasteiger partial charge in [0, 0.05) is 30.8 Å². The topological polar surface area (TPSA) is 84.8 Å². The van der Waals surface area contributed by atoms with E-state index in [0.717, 1.165) is 30.9 Å². The van der Waals surface area contributed by atoms with E-state index in [1.165, 1.54) is 5.56 Å². The van der Waals surface area contributed by atoms with Gasteiger partial charge < -0.3 is 5.32 Å². The molecule has 0 spiro atoms. The van der Waals surface area contributed by atoms with Crippen LogP contribution in [0.4, 0.5) is 5.82 Å². The van der Waals surface area contributed by atoms with Crippen LogP contribution in [-0.2, 0) is 19.6 Å². The van der Waals surface area contributed by atoms with Crippen molar-refractivity contribution in [2.75, 3.05) is 5.32 Å². The fourth-order valence-corrected chi connectivity index (χ4v) is 3.14. The number of fused-ring (bicyclic) bond motifs is 1. The molecule has 2 heterocycles. The number of nitriles is 1. The minimum Gasteiger partial charge on any atom is -0.305 e. The zero-order valence-corrected chi connectivity index (χ0v) is 14.1. The molecule has 26 heavy (non-hydrogen) atoms. The number of aromatic amines is 1. The molecule has 0 saturated heterocycles. The molecule has 1 aromatic heterocycles. The molecule has 0 saturated carbocycles. The van der Waals surface area contributed by atoms with E-state index < -0.39 is 0 Å². The molecule has 0 fully saturated rings. The van der Waals surface area contributed by atoms with Crippen LogP contribution in [0.2, 0.25) is 0 Å². The average Bonchev–Trinajstić information content (AvgIpc) is 3.24. The molecule has 6 heteroatoms. The summed E-state index contributed by atoms with van der Waals surface area (Å²) in [6.07, 6.45) is 0. The van der Waals surface area contributed by atoms with E-state index in [0.29, 0.717) is 16.9 Å². The number of rotatable bonds is 4. The number of benzene rings is 2. The Morgan fingerprint density at radius 2 is 1.92 bits per heavy atom. The molecule has 1 aliphatic rings. The number of anilines is 1. The van der Waals surface area contributed by atoms with E-state index in [-0.39, 0.29) is 5.91 Å². The minimum atomic E-state index is -0.231. The summed E-state index contributed by atoms with van der Waals surface area (Å²) < 4.78 is 0. The van der Waals surface area contributed by atoms with Crippen LogP contribution in [0.5, 0.6) is 0 Å². The van der Waals surface area contributed by atoms with Crippen LogP contribution in [0.3, 0.4) is 0 Å². The number of carbonyl (C=O) groups excluding carboxylic acids is 1. The van der Waals surface area contributed by atoms with Gasteiger partial charge in [-0.25, -0.2) is 0 Å². The van der Waals surface area contributed by atoms with Gasteiger partial charge in [0.25, 0.3) is 5.91 Å². The van der Waals surface area contributed by atoms with Crippen molar-refractivity contribution in [3.63, 3.8) is 0 Å². The third kappa shape index (κ3) is 3.21. The van der Waals surface area contributed by atoms with Crippen molar-refractivity contribution in [1.29, 1.82) is 5.26 Å². The largest absolute Gasteiger partial charge is 0.305 e. The zero-order chi connectivity index (χ0) is 17.9. The van der Waals surface area contributed by atoms with Crippen molar-refractivity contribution < 1.29 is 4.79 Å². The molecule has 0 bridgehead atoms. The number of nitrogens with one attached hydrogen (secondary N) is 2. The van der Waals surface area contributed by atoms with E-state index in [1.54, 1.807) is 24.3 Å². The summed E-state index contributed by atoms with van der Waals surface area (Å²) in [5.74, 6) is 0.343. The standard InChI is InChI=1S/C20H17N5O/c21-10-14-6-8-16(9-7-14)20(26)22-19-17-12-25(13-18(17)23-24-19)11-15-4-2-1-3-5-15/h1-9H,11-13H2,(H2,22,23,24,26).